The second-order valence-electron chi connectivity index (χ2n) is 9.71. The van der Waals surface area contributed by atoms with Crippen molar-refractivity contribution in [3.63, 3.8) is 0 Å². The summed E-state index contributed by atoms with van der Waals surface area (Å²) in [5, 5.41) is 0. The highest BCUT2D eigenvalue weighted by Gasteiger charge is 2.32. The van der Waals surface area contributed by atoms with Crippen LogP contribution in [-0.2, 0) is 4.74 Å². The van der Waals surface area contributed by atoms with E-state index >= 15 is 0 Å². The lowest BCUT2D eigenvalue weighted by molar-refractivity contribution is -0.0696. The Labute approximate surface area is 194 Å². The number of hydrogen-bond donors (Lipinski definition) is 0. The van der Waals surface area contributed by atoms with E-state index in [9.17, 15) is 22.0 Å². The van der Waals surface area contributed by atoms with Gasteiger partial charge in [-0.2, -0.15) is 13.2 Å². The van der Waals surface area contributed by atoms with Crippen LogP contribution in [-0.4, -0.2) is 18.9 Å². The fourth-order valence-electron chi connectivity index (χ4n) is 5.41. The molecule has 184 valence electrons. The standard InChI is InChI=1S/C27H35F5O/c1-2-3-4-5-6-7-23-13-12-21(18-33-23)19-8-10-20(11-9-19)22-16-25(28)24(26(29)17-22)14-15-27(30,31)32/h16-17,19-21,23H,2-13,18H2,1H3. The summed E-state index contributed by atoms with van der Waals surface area (Å²) < 4.78 is 71.5. The van der Waals surface area contributed by atoms with Gasteiger partial charge in [0.15, 0.2) is 0 Å². The van der Waals surface area contributed by atoms with Crippen LogP contribution in [0.15, 0.2) is 12.1 Å². The fourth-order valence-corrected chi connectivity index (χ4v) is 5.41. The summed E-state index contributed by atoms with van der Waals surface area (Å²) in [6.07, 6.45) is 9.11. The van der Waals surface area contributed by atoms with E-state index in [1.165, 1.54) is 38.5 Å². The van der Waals surface area contributed by atoms with Gasteiger partial charge in [0.05, 0.1) is 18.3 Å². The van der Waals surface area contributed by atoms with E-state index in [1.807, 2.05) is 0 Å². The molecule has 0 N–H and O–H groups in total. The van der Waals surface area contributed by atoms with Crippen molar-refractivity contribution in [2.24, 2.45) is 11.8 Å². The van der Waals surface area contributed by atoms with Crippen molar-refractivity contribution in [1.29, 1.82) is 0 Å². The zero-order valence-corrected chi connectivity index (χ0v) is 19.5. The zero-order chi connectivity index (χ0) is 23.8. The summed E-state index contributed by atoms with van der Waals surface area (Å²) in [7, 11) is 0. The molecule has 0 aromatic heterocycles. The summed E-state index contributed by atoms with van der Waals surface area (Å²) in [5.74, 6) is 1.63. The van der Waals surface area contributed by atoms with E-state index in [4.69, 9.17) is 4.74 Å². The predicted octanol–water partition coefficient (Wildman–Crippen LogP) is 8.31. The predicted molar refractivity (Wildman–Crippen MR) is 120 cm³/mol. The lowest BCUT2D eigenvalue weighted by Gasteiger charge is -2.38. The van der Waals surface area contributed by atoms with E-state index in [0.717, 1.165) is 63.2 Å². The molecule has 3 rings (SSSR count). The number of halogens is 5. The number of benzene rings is 1. The molecule has 0 amide bonds. The third-order valence-corrected chi connectivity index (χ3v) is 7.34. The van der Waals surface area contributed by atoms with Crippen molar-refractivity contribution in [2.75, 3.05) is 6.61 Å². The van der Waals surface area contributed by atoms with Crippen LogP contribution in [0.4, 0.5) is 22.0 Å². The first-order valence-corrected chi connectivity index (χ1v) is 12.5. The minimum atomic E-state index is -4.78. The van der Waals surface area contributed by atoms with Gasteiger partial charge in [-0.15, -0.1) is 0 Å². The number of rotatable bonds is 8. The Morgan fingerprint density at radius 3 is 2.09 bits per heavy atom. The largest absolute Gasteiger partial charge is 0.458 e. The molecule has 1 aliphatic carbocycles. The molecule has 2 aliphatic rings. The van der Waals surface area contributed by atoms with Gasteiger partial charge in [-0.3, -0.25) is 0 Å². The molecule has 1 nitrogen and oxygen atoms in total. The quantitative estimate of drug-likeness (QED) is 0.211. The van der Waals surface area contributed by atoms with Crippen molar-refractivity contribution < 1.29 is 26.7 Å². The Bertz CT molecular complexity index is 783. The topological polar surface area (TPSA) is 9.23 Å². The number of hydrogen-bond acceptors (Lipinski definition) is 1. The Hall–Kier alpha value is -1.61. The van der Waals surface area contributed by atoms with Crippen molar-refractivity contribution in [3.05, 3.63) is 34.9 Å². The summed E-state index contributed by atoms with van der Waals surface area (Å²) in [5.41, 5.74) is -0.298. The molecule has 1 aliphatic heterocycles. The molecule has 33 heavy (non-hydrogen) atoms. The Kier molecular flexibility index (Phi) is 9.61. The van der Waals surface area contributed by atoms with Gasteiger partial charge >= 0.3 is 6.18 Å². The lowest BCUT2D eigenvalue weighted by atomic mass is 9.72. The highest BCUT2D eigenvalue weighted by atomic mass is 19.4. The van der Waals surface area contributed by atoms with Gasteiger partial charge in [0.1, 0.15) is 11.6 Å². The van der Waals surface area contributed by atoms with Crippen LogP contribution in [0.3, 0.4) is 0 Å². The van der Waals surface area contributed by atoms with Crippen molar-refractivity contribution in [3.8, 4) is 11.8 Å². The van der Waals surface area contributed by atoms with Crippen molar-refractivity contribution in [2.45, 2.75) is 102 Å². The molecule has 6 heteroatoms. The van der Waals surface area contributed by atoms with Gasteiger partial charge in [-0.25, -0.2) is 8.78 Å². The number of alkyl halides is 3. The molecule has 2 atom stereocenters. The van der Waals surface area contributed by atoms with Gasteiger partial charge in [-0.05, 0) is 80.4 Å². The molecule has 1 heterocycles. The molecule has 2 fully saturated rings. The summed E-state index contributed by atoms with van der Waals surface area (Å²) >= 11 is 0. The van der Waals surface area contributed by atoms with Crippen molar-refractivity contribution >= 4 is 0 Å². The average Bonchev–Trinajstić information content (AvgIpc) is 2.78. The number of ether oxygens (including phenoxy) is 1. The molecule has 0 radical (unpaired) electrons. The second kappa shape index (κ2) is 12.2. The highest BCUT2D eigenvalue weighted by molar-refractivity contribution is 5.40. The van der Waals surface area contributed by atoms with E-state index in [2.05, 4.69) is 6.92 Å². The first kappa shape index (κ1) is 26.0. The maximum atomic E-state index is 14.3. The maximum absolute atomic E-state index is 14.3. The molecule has 1 saturated carbocycles. The first-order valence-electron chi connectivity index (χ1n) is 12.5. The SMILES string of the molecule is CCCCCCCC1CCC(C2CCC(c3cc(F)c(C#CC(F)(F)F)c(F)c3)CC2)CO1. The van der Waals surface area contributed by atoms with Crippen LogP contribution < -0.4 is 0 Å². The third kappa shape index (κ3) is 7.98. The average molecular weight is 471 g/mol. The minimum absolute atomic E-state index is 0.0234. The van der Waals surface area contributed by atoms with Crippen LogP contribution in [0.2, 0.25) is 0 Å². The monoisotopic (exact) mass is 470 g/mol. The Morgan fingerprint density at radius 1 is 0.879 bits per heavy atom. The van der Waals surface area contributed by atoms with Gasteiger partial charge in [0.25, 0.3) is 0 Å². The van der Waals surface area contributed by atoms with Gasteiger partial charge in [0.2, 0.25) is 0 Å². The normalized spacial score (nSPS) is 26.0. The van der Waals surface area contributed by atoms with Gasteiger partial charge in [-0.1, -0.05) is 44.9 Å². The Balaban J connectivity index is 1.46. The Morgan fingerprint density at radius 2 is 1.52 bits per heavy atom. The maximum Gasteiger partial charge on any atom is 0.458 e. The van der Waals surface area contributed by atoms with Gasteiger partial charge in [0, 0.05) is 5.92 Å². The molecular formula is C27H35F5O. The molecule has 1 saturated heterocycles. The lowest BCUT2D eigenvalue weighted by Crippen LogP contribution is -2.32. The van der Waals surface area contributed by atoms with Crippen molar-refractivity contribution in [1.82, 2.24) is 0 Å². The zero-order valence-electron chi connectivity index (χ0n) is 19.5. The van der Waals surface area contributed by atoms with Crippen LogP contribution in [0.5, 0.6) is 0 Å². The molecule has 0 bridgehead atoms. The van der Waals surface area contributed by atoms with E-state index < -0.39 is 23.4 Å². The van der Waals surface area contributed by atoms with Crippen LogP contribution in [0.25, 0.3) is 0 Å². The van der Waals surface area contributed by atoms with Gasteiger partial charge < -0.3 is 4.74 Å². The summed E-state index contributed by atoms with van der Waals surface area (Å²) in [4.78, 5) is 0. The minimum Gasteiger partial charge on any atom is -0.378 e. The third-order valence-electron chi connectivity index (χ3n) is 7.34. The van der Waals surface area contributed by atoms with E-state index in [-0.39, 0.29) is 5.92 Å². The summed E-state index contributed by atoms with van der Waals surface area (Å²) in [6.45, 7) is 3.03. The van der Waals surface area contributed by atoms with Crippen LogP contribution in [0.1, 0.15) is 101 Å². The van der Waals surface area contributed by atoms with Crippen LogP contribution in [0, 0.1) is 35.3 Å². The molecule has 1 aromatic rings. The van der Waals surface area contributed by atoms with E-state index in [0.29, 0.717) is 23.5 Å². The number of unbranched alkanes of at least 4 members (excludes halogenated alkanes) is 4. The van der Waals surface area contributed by atoms with E-state index in [1.54, 1.807) is 5.92 Å². The first-order chi connectivity index (χ1) is 15.8. The molecular weight excluding hydrogens is 435 g/mol. The molecule has 1 aromatic carbocycles. The molecule has 0 spiro atoms. The fraction of sp³-hybridized carbons (Fsp3) is 0.704. The smallest absolute Gasteiger partial charge is 0.378 e. The second-order valence-corrected chi connectivity index (χ2v) is 9.71. The molecule has 2 unspecified atom stereocenters. The highest BCUT2D eigenvalue weighted by Crippen LogP contribution is 2.42. The van der Waals surface area contributed by atoms with Crippen LogP contribution >= 0.6 is 0 Å². The summed E-state index contributed by atoms with van der Waals surface area (Å²) in [6, 6.07) is 2.31.